The number of hydrogen-bond donors (Lipinski definition) is 0. The first-order valence-electron chi connectivity index (χ1n) is 3.95. The fourth-order valence-corrected chi connectivity index (χ4v) is 0.780. The van der Waals surface area contributed by atoms with Gasteiger partial charge in [-0.25, -0.2) is 0 Å². The van der Waals surface area contributed by atoms with Gasteiger partial charge in [-0.1, -0.05) is 16.4 Å². The number of nitrogens with zero attached hydrogens (tertiary/aromatic N) is 1. The molecule has 1 rings (SSSR count). The second-order valence-corrected chi connectivity index (χ2v) is 60.1. The van der Waals surface area contributed by atoms with Crippen molar-refractivity contribution in [3.05, 3.63) is 39.7 Å². The molecule has 0 aromatic heterocycles. The first-order valence-corrected chi connectivity index (χ1v) is 23.7. The van der Waals surface area contributed by atoms with E-state index in [4.69, 9.17) is 64.6 Å². The Kier molecular flexibility index (Phi) is 6.44. The molecular weight excluding hydrogens is 480 g/mol. The van der Waals surface area contributed by atoms with Crippen molar-refractivity contribution < 1.29 is 0 Å². The predicted molar refractivity (Wildman–Crippen MR) is 84.6 cm³/mol. The van der Waals surface area contributed by atoms with E-state index in [2.05, 4.69) is 10.9 Å². The molecule has 0 aliphatic carbocycles. The van der Waals surface area contributed by atoms with Crippen molar-refractivity contribution in [3.63, 3.8) is 0 Å². The van der Waals surface area contributed by atoms with Crippen LogP contribution in [-0.2, 0) is 0 Å². The Hall–Kier alpha value is 1.56. The van der Waals surface area contributed by atoms with Crippen LogP contribution in [0, 0.1) is 6.07 Å². The third-order valence-corrected chi connectivity index (χ3v) is 1.34. The van der Waals surface area contributed by atoms with Crippen LogP contribution < -0.4 is 0 Å². The van der Waals surface area contributed by atoms with Gasteiger partial charge >= 0.3 is 68.2 Å². The van der Waals surface area contributed by atoms with Crippen LogP contribution in [0.2, 0.25) is 5.02 Å². The third kappa shape index (κ3) is 20.1. The first kappa shape index (κ1) is 18.6. The van der Waals surface area contributed by atoms with Crippen LogP contribution in [0.4, 0.5) is 0 Å². The Bertz CT molecular complexity index is 424. The Morgan fingerprint density at radius 1 is 0.941 bits per heavy atom. The molecule has 0 atom stereocenters. The molecule has 0 saturated heterocycles. The zero-order valence-corrected chi connectivity index (χ0v) is 16.2. The summed E-state index contributed by atoms with van der Waals surface area (Å²) < 4.78 is 0. The minimum absolute atomic E-state index is 0.738. The Morgan fingerprint density at radius 2 is 1.29 bits per heavy atom. The summed E-state index contributed by atoms with van der Waals surface area (Å²) >= 11 is 5.65. The zero-order chi connectivity index (χ0) is 13.8. The van der Waals surface area contributed by atoms with E-state index in [0.717, 1.165) is 10.6 Å². The summed E-state index contributed by atoms with van der Waals surface area (Å²) in [6.07, 6.45) is 0. The summed E-state index contributed by atoms with van der Waals surface area (Å²) in [5.41, 5.74) is 0.951. The maximum atomic E-state index is 5.65. The van der Waals surface area contributed by atoms with E-state index in [1.54, 1.807) is 7.05 Å². The van der Waals surface area contributed by atoms with E-state index in [1.807, 2.05) is 24.3 Å². The average Bonchev–Trinajstić information content (AvgIpc) is 2.04. The van der Waals surface area contributed by atoms with Gasteiger partial charge in [0.05, 0.1) is 0 Å². The van der Waals surface area contributed by atoms with E-state index in [0.29, 0.717) is 0 Å². The molecule has 0 N–H and O–H groups in total. The van der Waals surface area contributed by atoms with Gasteiger partial charge in [0.1, 0.15) is 5.56 Å². The maximum absolute atomic E-state index is 5.65. The number of hydrogen-bond acceptors (Lipinski definition) is 0. The molecule has 0 unspecified atom stereocenters. The van der Waals surface area contributed by atoms with Gasteiger partial charge in [-0.05, 0) is 24.3 Å². The van der Waals surface area contributed by atoms with Crippen molar-refractivity contribution in [2.45, 2.75) is 0 Å². The molecule has 17 heavy (non-hydrogen) atoms. The molecule has 1 nitrogen and oxygen atoms in total. The van der Waals surface area contributed by atoms with Crippen molar-refractivity contribution in [2.75, 3.05) is 7.05 Å². The van der Waals surface area contributed by atoms with Gasteiger partial charge in [-0.2, -0.15) is 0 Å². The fourth-order valence-electron chi connectivity index (χ4n) is 0.654. The molecule has 0 radical (unpaired) electrons. The summed E-state index contributed by atoms with van der Waals surface area (Å²) in [7, 11) is 26.7. The molecular formula is C8H7Cl7NSb. The molecule has 9 heteroatoms. The molecule has 0 aliphatic rings. The van der Waals surface area contributed by atoms with Gasteiger partial charge in [0.2, 0.25) is 0 Å². The minimum atomic E-state index is -5.42. The Morgan fingerprint density at radius 3 is 1.59 bits per heavy atom. The fraction of sp³-hybridized carbons (Fsp3) is 0.125. The van der Waals surface area contributed by atoms with Crippen LogP contribution in [0.3, 0.4) is 0 Å². The zero-order valence-electron chi connectivity index (χ0n) is 8.35. The topological polar surface area (TPSA) is 4.36 Å². The van der Waals surface area contributed by atoms with Gasteiger partial charge in [-0.15, -0.1) is 0 Å². The van der Waals surface area contributed by atoms with Crippen LogP contribution >= 0.6 is 64.6 Å². The molecule has 0 amide bonds. The molecule has 98 valence electrons. The van der Waals surface area contributed by atoms with Crippen LogP contribution in [-0.4, -0.2) is 16.2 Å². The van der Waals surface area contributed by atoms with Crippen LogP contribution in [0.1, 0.15) is 5.56 Å². The monoisotopic (exact) mass is 483 g/mol. The van der Waals surface area contributed by atoms with Gasteiger partial charge in [0.25, 0.3) is 7.05 Å². The van der Waals surface area contributed by atoms with Gasteiger partial charge in [0.15, 0.2) is 0 Å². The molecule has 0 bridgehead atoms. The van der Waals surface area contributed by atoms with Gasteiger partial charge in [-0.3, -0.25) is 0 Å². The van der Waals surface area contributed by atoms with Gasteiger partial charge < -0.3 is 0 Å². The van der Waals surface area contributed by atoms with E-state index in [1.165, 1.54) is 0 Å². The van der Waals surface area contributed by atoms with Gasteiger partial charge in [0, 0.05) is 5.02 Å². The van der Waals surface area contributed by atoms with Crippen LogP contribution in [0.15, 0.2) is 24.3 Å². The Labute approximate surface area is 125 Å². The van der Waals surface area contributed by atoms with E-state index in [9.17, 15) is 0 Å². The van der Waals surface area contributed by atoms with Crippen LogP contribution in [0.5, 0.6) is 0 Å². The molecule has 0 spiro atoms. The summed E-state index contributed by atoms with van der Waals surface area (Å²) in [4.78, 5) is 3.74. The second-order valence-electron chi connectivity index (χ2n) is 2.80. The average molecular weight is 487 g/mol. The van der Waals surface area contributed by atoms with Crippen molar-refractivity contribution in [1.82, 2.24) is 0 Å². The molecule has 0 fully saturated rings. The quantitative estimate of drug-likeness (QED) is 0.373. The van der Waals surface area contributed by atoms with E-state index in [-0.39, 0.29) is 0 Å². The van der Waals surface area contributed by atoms with Crippen molar-refractivity contribution in [1.29, 1.82) is 0 Å². The molecule has 1 aromatic carbocycles. The third-order valence-electron chi connectivity index (χ3n) is 1.09. The second kappa shape index (κ2) is 5.90. The predicted octanol–water partition coefficient (Wildman–Crippen LogP) is 6.41. The van der Waals surface area contributed by atoms with E-state index < -0.39 is 9.14 Å². The number of benzene rings is 1. The molecule has 1 aromatic rings. The van der Waals surface area contributed by atoms with Crippen molar-refractivity contribution >= 4 is 73.7 Å². The number of halogens is 7. The summed E-state index contributed by atoms with van der Waals surface area (Å²) in [6.45, 7) is 0. The van der Waals surface area contributed by atoms with Crippen molar-refractivity contribution in [3.8, 4) is 6.07 Å². The molecule has 0 saturated carbocycles. The van der Waals surface area contributed by atoms with Crippen LogP contribution in [0.25, 0.3) is 4.85 Å². The standard InChI is InChI=1S/C8H7ClN.6ClH.Sb/c1-10-6-7-2-4-8(9)5-3-7;;;;;;;/h2-5H,1H3;6*1H;/q+1;;;;;;;+5/p-6. The van der Waals surface area contributed by atoms with E-state index >= 15 is 0 Å². The normalized spacial score (nSPS) is 14.4. The Balaban J connectivity index is 0.000000325. The summed E-state index contributed by atoms with van der Waals surface area (Å²) in [5.74, 6) is 0. The first-order chi connectivity index (χ1) is 7.28. The summed E-state index contributed by atoms with van der Waals surface area (Å²) in [5, 5.41) is 0.738. The molecule has 0 aliphatic heterocycles. The molecule has 0 heterocycles. The number of rotatable bonds is 0. The SMILES string of the molecule is C[N+]#Cc1ccc(Cl)cc1.[Cl][Sb-]([Cl])([Cl])([Cl])([Cl])[Cl]. The summed E-state index contributed by atoms with van der Waals surface area (Å²) in [6, 6.07) is 10.2. The van der Waals surface area contributed by atoms with Crippen molar-refractivity contribution in [2.24, 2.45) is 0 Å².